The van der Waals surface area contributed by atoms with Gasteiger partial charge in [-0.3, -0.25) is 0 Å². The third-order valence-corrected chi connectivity index (χ3v) is 12.2. The van der Waals surface area contributed by atoms with Crippen LogP contribution in [-0.2, 0) is 9.47 Å². The molecule has 2 rings (SSSR count). The standard InChI is InChI=1S/2C24H36O4.2C8H17.Sn/c2*1-2-3-4-5-6-7-8-9-10-11-12-13-14-17-20-28-24(27)22-19-16-15-18-21(22)23(25)26;2*1-3-5-7-8-6-4-2;/h2*3-4,15-16,18-19H,2,5-14,17,20H2,1H3,(H,25,26);2*1,3-8H2,2H3;/q;;;;+2/p-2/b2*4-3+;;;. The van der Waals surface area contributed by atoms with Crippen LogP contribution in [0.15, 0.2) is 72.8 Å². The number of aromatic carboxylic acids is 2. The summed E-state index contributed by atoms with van der Waals surface area (Å²) in [5, 5.41) is 22.0. The first kappa shape index (κ1) is 73.8. The van der Waals surface area contributed by atoms with E-state index in [0.717, 1.165) is 64.2 Å². The van der Waals surface area contributed by atoms with Crippen molar-refractivity contribution in [1.29, 1.82) is 0 Å². The first-order valence-electron chi connectivity index (χ1n) is 29.0. The van der Waals surface area contributed by atoms with Crippen LogP contribution in [-0.4, -0.2) is 61.0 Å². The summed E-state index contributed by atoms with van der Waals surface area (Å²) >= 11 is 0. The summed E-state index contributed by atoms with van der Waals surface area (Å²) in [6, 6.07) is 12.0. The van der Waals surface area contributed by atoms with Gasteiger partial charge in [0.25, 0.3) is 0 Å². The molecule has 0 saturated carbocycles. The Labute approximate surface area is 465 Å². The van der Waals surface area contributed by atoms with Gasteiger partial charge in [-0.25, -0.2) is 9.59 Å². The summed E-state index contributed by atoms with van der Waals surface area (Å²) < 4.78 is 10.4. The van der Waals surface area contributed by atoms with Gasteiger partial charge in [-0.15, -0.1) is 0 Å². The smallest absolute Gasteiger partial charge is 0.545 e. The largest absolute Gasteiger partial charge is 2.00 e. The molecule has 0 bridgehead atoms. The molecule has 2 aromatic carbocycles. The first-order chi connectivity index (χ1) is 35.2. The van der Waals surface area contributed by atoms with E-state index < -0.39 is 23.9 Å². The molecule has 8 nitrogen and oxygen atoms in total. The van der Waals surface area contributed by atoms with E-state index in [1.807, 2.05) is 0 Å². The molecule has 0 aromatic heterocycles. The van der Waals surface area contributed by atoms with E-state index in [0.29, 0.717) is 13.2 Å². The second-order valence-electron chi connectivity index (χ2n) is 18.9. The van der Waals surface area contributed by atoms with Gasteiger partial charge in [-0.2, -0.15) is 0 Å². The predicted octanol–water partition coefficient (Wildman–Crippen LogP) is 16.9. The second-order valence-corrected chi connectivity index (χ2v) is 18.9. The van der Waals surface area contributed by atoms with E-state index in [9.17, 15) is 29.4 Å². The van der Waals surface area contributed by atoms with E-state index in [4.69, 9.17) is 9.47 Å². The SMILES string of the molecule is CC/C=C/CCCCCCCCCCCCOC(=O)c1ccccc1C(=O)[O-].CC/C=C/CCCCCCCCCCCCOC(=O)c1ccccc1C(=O)[O-].[CH2]CCCCCCC.[CH2]CCCCCCC.[Sn+2]. The van der Waals surface area contributed by atoms with Crippen LogP contribution in [0, 0.1) is 13.8 Å². The van der Waals surface area contributed by atoms with Gasteiger partial charge in [0.15, 0.2) is 0 Å². The van der Waals surface area contributed by atoms with Crippen molar-refractivity contribution >= 4 is 47.8 Å². The zero-order chi connectivity index (χ0) is 53.4. The Kier molecular flexibility index (Phi) is 60.2. The second kappa shape index (κ2) is 59.5. The van der Waals surface area contributed by atoms with Crippen molar-refractivity contribution in [3.63, 3.8) is 0 Å². The normalized spacial score (nSPS) is 10.6. The van der Waals surface area contributed by atoms with Gasteiger partial charge in [-0.05, 0) is 63.5 Å². The quantitative estimate of drug-likeness (QED) is 0.0278. The van der Waals surface area contributed by atoms with Gasteiger partial charge in [0.05, 0.1) is 36.3 Å². The predicted molar refractivity (Wildman–Crippen MR) is 306 cm³/mol. The summed E-state index contributed by atoms with van der Waals surface area (Å²) in [5.74, 6) is -3.91. The molecule has 0 aliphatic heterocycles. The van der Waals surface area contributed by atoms with E-state index in [1.54, 1.807) is 24.3 Å². The van der Waals surface area contributed by atoms with Gasteiger partial charge < -0.3 is 29.3 Å². The van der Waals surface area contributed by atoms with Crippen molar-refractivity contribution in [3.05, 3.63) is 109 Å². The molecule has 9 heteroatoms. The number of carboxylic acids is 2. The molecule has 0 aliphatic rings. The van der Waals surface area contributed by atoms with Crippen molar-refractivity contribution < 1.29 is 38.9 Å². The van der Waals surface area contributed by atoms with Gasteiger partial charge in [-0.1, -0.05) is 282 Å². The number of rotatable bonds is 42. The van der Waals surface area contributed by atoms with Crippen LogP contribution in [0.2, 0.25) is 0 Å². The van der Waals surface area contributed by atoms with Crippen LogP contribution in [0.25, 0.3) is 0 Å². The minimum absolute atomic E-state index is 0. The number of unbranched alkanes of at least 4 members (excludes halogenated alkanes) is 30. The Bertz CT molecular complexity index is 1470. The Morgan fingerprint density at radius 1 is 0.384 bits per heavy atom. The fourth-order valence-electron chi connectivity index (χ4n) is 7.85. The minimum atomic E-state index is -1.36. The van der Waals surface area contributed by atoms with Crippen LogP contribution < -0.4 is 10.2 Å². The van der Waals surface area contributed by atoms with Crippen molar-refractivity contribution in [2.75, 3.05) is 13.2 Å². The number of carbonyl (C=O) groups excluding carboxylic acids is 4. The maximum Gasteiger partial charge on any atom is 2.00 e. The maximum atomic E-state index is 12.0. The van der Waals surface area contributed by atoms with Crippen LogP contribution >= 0.6 is 0 Å². The molecular weight excluding hydrogens is 1020 g/mol. The molecule has 0 aliphatic carbocycles. The molecule has 0 N–H and O–H groups in total. The summed E-state index contributed by atoms with van der Waals surface area (Å²) in [6.45, 7) is 17.0. The molecule has 0 amide bonds. The molecule has 4 radical (unpaired) electrons. The molecule has 0 heterocycles. The van der Waals surface area contributed by atoms with Crippen LogP contribution in [0.3, 0.4) is 0 Å². The molecule has 0 saturated heterocycles. The number of hydrogen-bond donors (Lipinski definition) is 0. The fraction of sp³-hybridized carbons (Fsp3) is 0.656. The summed E-state index contributed by atoms with van der Waals surface area (Å²) in [7, 11) is 0. The summed E-state index contributed by atoms with van der Waals surface area (Å²) in [4.78, 5) is 46.0. The van der Waals surface area contributed by atoms with Crippen molar-refractivity contribution in [2.45, 2.75) is 259 Å². The Hall–Kier alpha value is -3.40. The van der Waals surface area contributed by atoms with Crippen LogP contribution in [0.5, 0.6) is 0 Å². The van der Waals surface area contributed by atoms with Crippen LogP contribution in [0.1, 0.15) is 300 Å². The zero-order valence-corrected chi connectivity index (χ0v) is 49.8. The third-order valence-electron chi connectivity index (χ3n) is 12.2. The van der Waals surface area contributed by atoms with E-state index in [2.05, 4.69) is 65.8 Å². The van der Waals surface area contributed by atoms with Gasteiger partial charge >= 0.3 is 35.8 Å². The molecule has 0 spiro atoms. The average Bonchev–Trinajstić information content (AvgIpc) is 3.39. The molecule has 0 atom stereocenters. The summed E-state index contributed by atoms with van der Waals surface area (Å²) in [6.07, 6.45) is 53.9. The third kappa shape index (κ3) is 49.3. The van der Waals surface area contributed by atoms with E-state index >= 15 is 0 Å². The Balaban J connectivity index is -0.00000102. The Morgan fingerprint density at radius 2 is 0.644 bits per heavy atom. The first-order valence-corrected chi connectivity index (χ1v) is 29.0. The zero-order valence-electron chi connectivity index (χ0n) is 47.0. The molecule has 0 unspecified atom stereocenters. The number of benzene rings is 2. The van der Waals surface area contributed by atoms with Crippen molar-refractivity contribution in [3.8, 4) is 0 Å². The van der Waals surface area contributed by atoms with Crippen molar-refractivity contribution in [2.24, 2.45) is 0 Å². The maximum absolute atomic E-state index is 12.0. The monoisotopic (exact) mass is 1120 g/mol. The molecular formula is C64H104O8Sn. The van der Waals surface area contributed by atoms with Gasteiger partial charge in [0.1, 0.15) is 0 Å². The molecule has 2 aromatic rings. The van der Waals surface area contributed by atoms with E-state index in [1.165, 1.54) is 191 Å². The topological polar surface area (TPSA) is 133 Å². The minimum Gasteiger partial charge on any atom is -0.545 e. The fourth-order valence-corrected chi connectivity index (χ4v) is 7.85. The van der Waals surface area contributed by atoms with E-state index in [-0.39, 0.29) is 46.2 Å². The number of carboxylic acid groups (broad SMARTS) is 2. The van der Waals surface area contributed by atoms with Crippen molar-refractivity contribution in [1.82, 2.24) is 0 Å². The molecule has 0 fully saturated rings. The average molecular weight is 1120 g/mol. The summed E-state index contributed by atoms with van der Waals surface area (Å²) in [5.41, 5.74) is -0.123. The van der Waals surface area contributed by atoms with Gasteiger partial charge in [0, 0.05) is 11.1 Å². The number of allylic oxidation sites excluding steroid dienone is 4. The number of hydrogen-bond acceptors (Lipinski definition) is 8. The van der Waals surface area contributed by atoms with Crippen LogP contribution in [0.4, 0.5) is 0 Å². The number of ether oxygens (including phenoxy) is 2. The number of esters is 2. The van der Waals surface area contributed by atoms with Gasteiger partial charge in [0.2, 0.25) is 0 Å². The number of carbonyl (C=O) groups is 4. The Morgan fingerprint density at radius 3 is 0.918 bits per heavy atom. The molecule has 412 valence electrons. The molecule has 73 heavy (non-hydrogen) atoms.